The summed E-state index contributed by atoms with van der Waals surface area (Å²) in [6.45, 7) is 0. The summed E-state index contributed by atoms with van der Waals surface area (Å²) in [5.74, 6) is 5.25. The number of hydrogen-bond donors (Lipinski definition) is 1. The van der Waals surface area contributed by atoms with Crippen LogP contribution >= 0.6 is 12.4 Å². The van der Waals surface area contributed by atoms with Crippen LogP contribution in [0.25, 0.3) is 0 Å². The van der Waals surface area contributed by atoms with Crippen LogP contribution in [0.1, 0.15) is 24.3 Å². The predicted octanol–water partition coefficient (Wildman–Crippen LogP) is 1.84. The van der Waals surface area contributed by atoms with Gasteiger partial charge in [0, 0.05) is 0 Å². The molecular formula is C10H13ClFNO4S. The molecule has 0 atom stereocenters. The van der Waals surface area contributed by atoms with E-state index >= 15 is 0 Å². The topological polar surface area (TPSA) is 78.6 Å². The van der Waals surface area contributed by atoms with Gasteiger partial charge in [0.2, 0.25) is 0 Å². The molecule has 0 bridgehead atoms. The molecule has 1 aromatic rings. The summed E-state index contributed by atoms with van der Waals surface area (Å²) in [5, 5.41) is 0. The van der Waals surface area contributed by atoms with Crippen molar-refractivity contribution in [3.05, 3.63) is 29.8 Å². The molecule has 2 N–H and O–H groups in total. The van der Waals surface area contributed by atoms with Crippen molar-refractivity contribution in [2.24, 2.45) is 5.90 Å². The first kappa shape index (κ1) is 15.2. The van der Waals surface area contributed by atoms with Gasteiger partial charge in [-0.15, -0.1) is 12.4 Å². The van der Waals surface area contributed by atoms with E-state index in [1.54, 1.807) is 6.07 Å². The first-order chi connectivity index (χ1) is 7.98. The number of rotatable bonds is 4. The molecule has 0 spiro atoms. The van der Waals surface area contributed by atoms with Crippen LogP contribution in [0.4, 0.5) is 3.89 Å². The van der Waals surface area contributed by atoms with E-state index in [9.17, 15) is 12.3 Å². The number of nitrogens with two attached hydrogens (primary N) is 1. The molecular weight excluding hydrogens is 285 g/mol. The Hall–Kier alpha value is -0.890. The Morgan fingerprint density at radius 1 is 1.33 bits per heavy atom. The Kier molecular flexibility index (Phi) is 4.92. The molecule has 18 heavy (non-hydrogen) atoms. The molecule has 1 aromatic carbocycles. The van der Waals surface area contributed by atoms with Gasteiger partial charge in [0.15, 0.2) is 0 Å². The summed E-state index contributed by atoms with van der Waals surface area (Å²) in [7, 11) is -4.97. The molecule has 0 amide bonds. The average Bonchev–Trinajstić information content (AvgIpc) is 2.13. The minimum absolute atomic E-state index is 0. The van der Waals surface area contributed by atoms with Crippen LogP contribution in [0, 0.1) is 0 Å². The van der Waals surface area contributed by atoms with Gasteiger partial charge in [-0.25, -0.2) is 5.90 Å². The molecule has 0 aliphatic heterocycles. The minimum Gasteiger partial charge on any atom is -0.358 e. The fourth-order valence-corrected chi connectivity index (χ4v) is 2.22. The molecule has 1 fully saturated rings. The van der Waals surface area contributed by atoms with E-state index in [0.29, 0.717) is 0 Å². The van der Waals surface area contributed by atoms with Crippen LogP contribution in [-0.4, -0.2) is 14.5 Å². The molecule has 1 aliphatic rings. The van der Waals surface area contributed by atoms with Gasteiger partial charge in [-0.2, -0.15) is 8.42 Å². The minimum atomic E-state index is -4.97. The summed E-state index contributed by atoms with van der Waals surface area (Å²) < 4.78 is 37.2. The van der Waals surface area contributed by atoms with Gasteiger partial charge in [-0.3, -0.25) is 0 Å². The molecule has 1 aliphatic carbocycles. The molecule has 0 aromatic heterocycles. The van der Waals surface area contributed by atoms with Gasteiger partial charge in [0.1, 0.15) is 5.75 Å². The van der Waals surface area contributed by atoms with Crippen molar-refractivity contribution < 1.29 is 21.3 Å². The van der Waals surface area contributed by atoms with Gasteiger partial charge in [-0.05, 0) is 36.5 Å². The van der Waals surface area contributed by atoms with Crippen molar-refractivity contribution in [2.45, 2.75) is 24.9 Å². The van der Waals surface area contributed by atoms with Crippen LogP contribution in [0.2, 0.25) is 0 Å². The Morgan fingerprint density at radius 3 is 2.56 bits per heavy atom. The highest BCUT2D eigenvalue weighted by molar-refractivity contribution is 7.81. The van der Waals surface area contributed by atoms with Crippen molar-refractivity contribution in [3.8, 4) is 5.75 Å². The zero-order chi connectivity index (χ0) is 12.5. The lowest BCUT2D eigenvalue weighted by Crippen LogP contribution is -2.31. The standard InChI is InChI=1S/C10H12FNO4S.ClH/c11-17(13,14)16-9-3-1-2-7(4-9)8-5-10(6-8)15-12;/h1-4,8,10H,5-6,12H2;1H. The van der Waals surface area contributed by atoms with Crippen LogP contribution in [0.15, 0.2) is 24.3 Å². The van der Waals surface area contributed by atoms with Gasteiger partial charge in [0.25, 0.3) is 0 Å². The van der Waals surface area contributed by atoms with E-state index in [2.05, 4.69) is 9.02 Å². The Bertz CT molecular complexity index is 504. The zero-order valence-corrected chi connectivity index (χ0v) is 10.9. The third-order valence-corrected chi connectivity index (χ3v) is 3.20. The van der Waals surface area contributed by atoms with Crippen molar-refractivity contribution >= 4 is 22.9 Å². The number of benzene rings is 1. The SMILES string of the molecule is Cl.NOC1CC(c2cccc(OS(=O)(=O)F)c2)C1. The zero-order valence-electron chi connectivity index (χ0n) is 9.28. The highest BCUT2D eigenvalue weighted by Gasteiger charge is 2.31. The van der Waals surface area contributed by atoms with Crippen LogP contribution in [-0.2, 0) is 15.3 Å². The molecule has 0 heterocycles. The first-order valence-corrected chi connectivity index (χ1v) is 6.38. The lowest BCUT2D eigenvalue weighted by atomic mass is 9.77. The van der Waals surface area contributed by atoms with E-state index in [1.807, 2.05) is 6.07 Å². The Balaban J connectivity index is 0.00000162. The fraction of sp³-hybridized carbons (Fsp3) is 0.400. The number of halogens is 2. The van der Waals surface area contributed by atoms with Crippen molar-refractivity contribution in [1.29, 1.82) is 0 Å². The second-order valence-electron chi connectivity index (χ2n) is 3.98. The Morgan fingerprint density at radius 2 is 2.00 bits per heavy atom. The molecule has 2 rings (SSSR count). The summed E-state index contributed by atoms with van der Waals surface area (Å²) in [6, 6.07) is 6.34. The van der Waals surface area contributed by atoms with Crippen molar-refractivity contribution in [2.75, 3.05) is 0 Å². The molecule has 0 saturated heterocycles. The normalized spacial score (nSPS) is 22.8. The fourth-order valence-electron chi connectivity index (χ4n) is 1.88. The highest BCUT2D eigenvalue weighted by Crippen LogP contribution is 2.39. The summed E-state index contributed by atoms with van der Waals surface area (Å²) in [5.41, 5.74) is 0.888. The highest BCUT2D eigenvalue weighted by atomic mass is 35.5. The lowest BCUT2D eigenvalue weighted by molar-refractivity contribution is -0.0115. The van der Waals surface area contributed by atoms with Crippen LogP contribution < -0.4 is 10.1 Å². The molecule has 0 unspecified atom stereocenters. The summed E-state index contributed by atoms with van der Waals surface area (Å²) in [6.07, 6.45) is 1.57. The average molecular weight is 298 g/mol. The van der Waals surface area contributed by atoms with E-state index in [4.69, 9.17) is 5.90 Å². The predicted molar refractivity (Wildman–Crippen MR) is 65.4 cm³/mol. The maximum atomic E-state index is 12.3. The van der Waals surface area contributed by atoms with Gasteiger partial charge < -0.3 is 9.02 Å². The number of hydrogen-bond acceptors (Lipinski definition) is 5. The maximum absolute atomic E-state index is 12.3. The smallest absolute Gasteiger partial charge is 0.358 e. The van der Waals surface area contributed by atoms with E-state index < -0.39 is 10.5 Å². The van der Waals surface area contributed by atoms with Crippen molar-refractivity contribution in [1.82, 2.24) is 0 Å². The van der Waals surface area contributed by atoms with Gasteiger partial charge in [-0.1, -0.05) is 16.0 Å². The Labute approximate surface area is 111 Å². The van der Waals surface area contributed by atoms with E-state index in [1.165, 1.54) is 12.1 Å². The van der Waals surface area contributed by atoms with Gasteiger partial charge in [0.05, 0.1) is 6.10 Å². The third-order valence-electron chi connectivity index (χ3n) is 2.81. The quantitative estimate of drug-likeness (QED) is 0.677. The van der Waals surface area contributed by atoms with Crippen molar-refractivity contribution in [3.63, 3.8) is 0 Å². The van der Waals surface area contributed by atoms with Crippen LogP contribution in [0.3, 0.4) is 0 Å². The largest absolute Gasteiger partial charge is 0.488 e. The maximum Gasteiger partial charge on any atom is 0.488 e. The molecule has 0 radical (unpaired) electrons. The second-order valence-corrected chi connectivity index (χ2v) is 4.93. The second kappa shape index (κ2) is 5.83. The molecule has 8 heteroatoms. The van der Waals surface area contributed by atoms with Gasteiger partial charge >= 0.3 is 10.5 Å². The third kappa shape index (κ3) is 3.81. The molecule has 5 nitrogen and oxygen atoms in total. The first-order valence-electron chi connectivity index (χ1n) is 5.07. The molecule has 102 valence electrons. The summed E-state index contributed by atoms with van der Waals surface area (Å²) in [4.78, 5) is 4.66. The van der Waals surface area contributed by atoms with E-state index in [0.717, 1.165) is 18.4 Å². The monoisotopic (exact) mass is 297 g/mol. The molecule has 1 saturated carbocycles. The van der Waals surface area contributed by atoms with E-state index in [-0.39, 0.29) is 30.2 Å². The van der Waals surface area contributed by atoms with Crippen LogP contribution in [0.5, 0.6) is 5.75 Å². The summed E-state index contributed by atoms with van der Waals surface area (Å²) >= 11 is 0. The lowest BCUT2D eigenvalue weighted by Gasteiger charge is -2.33.